The number of carbonyl (C=O) groups is 2. The zero-order valence-corrected chi connectivity index (χ0v) is 38.8. The van der Waals surface area contributed by atoms with E-state index in [4.69, 9.17) is 32.4 Å². The van der Waals surface area contributed by atoms with E-state index < -0.39 is 12.1 Å². The molecule has 2 aliphatic rings. The molecule has 8 N–H and O–H groups in total. The minimum absolute atomic E-state index is 0.122. The summed E-state index contributed by atoms with van der Waals surface area (Å²) in [6.07, 6.45) is 36.9. The number of rotatable bonds is 22. The average molecular weight is 825 g/mol. The summed E-state index contributed by atoms with van der Waals surface area (Å²) in [6.45, 7) is 22.7. The van der Waals surface area contributed by atoms with Gasteiger partial charge in [-0.25, -0.2) is 0 Å². The molecule has 0 amide bonds. The lowest BCUT2D eigenvalue weighted by atomic mass is 9.71. The van der Waals surface area contributed by atoms with Gasteiger partial charge in [0.2, 0.25) is 0 Å². The summed E-state index contributed by atoms with van der Waals surface area (Å²) in [5.41, 5.74) is 32.7. The van der Waals surface area contributed by atoms with Crippen molar-refractivity contribution in [2.24, 2.45) is 33.8 Å². The summed E-state index contributed by atoms with van der Waals surface area (Å²) in [5.74, 6) is -0.617. The van der Waals surface area contributed by atoms with Gasteiger partial charge in [0.15, 0.2) is 0 Å². The van der Waals surface area contributed by atoms with E-state index in [0.717, 1.165) is 73.7 Å². The lowest BCUT2D eigenvalue weighted by molar-refractivity contribution is -0.153. The molecule has 2 rings (SSSR count). The first-order valence-corrected chi connectivity index (χ1v) is 22.1. The molecule has 2 aliphatic carbocycles. The fraction of sp³-hybridized carbons (Fsp3) is 0.538. The zero-order valence-electron chi connectivity index (χ0n) is 38.8. The van der Waals surface area contributed by atoms with Gasteiger partial charge in [0, 0.05) is 12.8 Å². The maximum atomic E-state index is 12.6. The number of nitrogens with two attached hydrogens (primary N) is 4. The minimum Gasteiger partial charge on any atom is -0.461 e. The third-order valence-electron chi connectivity index (χ3n) is 11.3. The molecule has 0 saturated heterocycles. The second-order valence-corrected chi connectivity index (χ2v) is 18.3. The monoisotopic (exact) mass is 825 g/mol. The van der Waals surface area contributed by atoms with Gasteiger partial charge in [-0.05, 0) is 115 Å². The van der Waals surface area contributed by atoms with E-state index >= 15 is 0 Å². The van der Waals surface area contributed by atoms with Crippen LogP contribution in [0, 0.1) is 10.8 Å². The quantitative estimate of drug-likeness (QED) is 0.0477. The maximum Gasteiger partial charge on any atom is 0.323 e. The Morgan fingerprint density at radius 2 is 0.917 bits per heavy atom. The van der Waals surface area contributed by atoms with Gasteiger partial charge < -0.3 is 32.4 Å². The van der Waals surface area contributed by atoms with Gasteiger partial charge in [-0.1, -0.05) is 159 Å². The van der Waals surface area contributed by atoms with Crippen molar-refractivity contribution >= 4 is 11.9 Å². The summed E-state index contributed by atoms with van der Waals surface area (Å²) in [6, 6.07) is -1.18. The Morgan fingerprint density at radius 1 is 0.583 bits per heavy atom. The first kappa shape index (κ1) is 52.1. The van der Waals surface area contributed by atoms with Crippen LogP contribution in [-0.2, 0) is 19.1 Å². The Bertz CT molecular complexity index is 1650. The van der Waals surface area contributed by atoms with Gasteiger partial charge in [0.1, 0.15) is 24.3 Å². The summed E-state index contributed by atoms with van der Waals surface area (Å²) in [4.78, 5) is 25.2. The van der Waals surface area contributed by atoms with E-state index in [1.807, 2.05) is 0 Å². The van der Waals surface area contributed by atoms with Crippen molar-refractivity contribution in [3.8, 4) is 0 Å². The van der Waals surface area contributed by atoms with Crippen LogP contribution >= 0.6 is 0 Å². The molecule has 0 fully saturated rings. The summed E-state index contributed by atoms with van der Waals surface area (Å²) < 4.78 is 11.7. The Kier molecular flexibility index (Phi) is 22.8. The van der Waals surface area contributed by atoms with Crippen LogP contribution in [0.5, 0.6) is 0 Å². The van der Waals surface area contributed by atoms with Gasteiger partial charge in [-0.2, -0.15) is 0 Å². The first-order chi connectivity index (χ1) is 28.3. The van der Waals surface area contributed by atoms with E-state index in [1.54, 1.807) is 0 Å². The predicted molar refractivity (Wildman–Crippen MR) is 254 cm³/mol. The van der Waals surface area contributed by atoms with E-state index in [0.29, 0.717) is 25.9 Å². The van der Waals surface area contributed by atoms with Crippen molar-refractivity contribution in [3.63, 3.8) is 0 Å². The molecule has 60 heavy (non-hydrogen) atoms. The third-order valence-corrected chi connectivity index (χ3v) is 11.3. The number of hydrogen-bond acceptors (Lipinski definition) is 8. The fourth-order valence-corrected chi connectivity index (χ4v) is 7.99. The standard InChI is InChI=1S/C52H80N4O4/c1-37(21-17-23-39(3)27-29-45-41(5)33-43(35-51(45,7)8)59-49(57)47(55)25-13-15-31-53)19-11-12-20-38(2)22-18-24-40(4)28-30-46-42(6)34-44(36-52(46,9)10)60-50(58)48(56)26-14-16-32-54/h11-12,17-24,27-30,43-44,47-48H,13-16,25-26,31-36,53-56H2,1-10H3. The zero-order chi connectivity index (χ0) is 44.9. The van der Waals surface area contributed by atoms with Crippen molar-refractivity contribution in [2.45, 2.75) is 158 Å². The molecule has 0 aromatic carbocycles. The van der Waals surface area contributed by atoms with Gasteiger partial charge in [-0.3, -0.25) is 9.59 Å². The Labute approximate surface area is 364 Å². The highest BCUT2D eigenvalue weighted by Gasteiger charge is 2.36. The van der Waals surface area contributed by atoms with Gasteiger partial charge >= 0.3 is 11.9 Å². The molecule has 0 saturated carbocycles. The smallest absolute Gasteiger partial charge is 0.323 e. The van der Waals surface area contributed by atoms with Crippen LogP contribution in [0.3, 0.4) is 0 Å². The molecule has 4 unspecified atom stereocenters. The molecule has 4 atom stereocenters. The second-order valence-electron chi connectivity index (χ2n) is 18.3. The minimum atomic E-state index is -0.591. The normalized spacial score (nSPS) is 22.0. The molecule has 0 aliphatic heterocycles. The fourth-order valence-electron chi connectivity index (χ4n) is 7.99. The van der Waals surface area contributed by atoms with Crippen molar-refractivity contribution in [3.05, 3.63) is 130 Å². The highest BCUT2D eigenvalue weighted by atomic mass is 16.5. The first-order valence-electron chi connectivity index (χ1n) is 22.1. The third kappa shape index (κ3) is 19.1. The summed E-state index contributed by atoms with van der Waals surface area (Å²) in [7, 11) is 0. The van der Waals surface area contributed by atoms with Crippen LogP contribution in [0.15, 0.2) is 130 Å². The van der Waals surface area contributed by atoms with E-state index in [-0.39, 0.29) is 35.0 Å². The topological polar surface area (TPSA) is 157 Å². The predicted octanol–water partition coefficient (Wildman–Crippen LogP) is 10.6. The number of hydrogen-bond donors (Lipinski definition) is 4. The summed E-state index contributed by atoms with van der Waals surface area (Å²) >= 11 is 0. The molecular weight excluding hydrogens is 745 g/mol. The van der Waals surface area contributed by atoms with Crippen LogP contribution in [0.2, 0.25) is 0 Å². The number of allylic oxidation sites excluding steroid dienone is 20. The van der Waals surface area contributed by atoms with Crippen LogP contribution in [0.1, 0.15) is 133 Å². The Balaban J connectivity index is 1.91. The number of unbranched alkanes of at least 4 members (excludes halogenated alkanes) is 2. The van der Waals surface area contributed by atoms with Crippen LogP contribution in [0.4, 0.5) is 0 Å². The molecule has 0 radical (unpaired) electrons. The molecule has 0 spiro atoms. The number of esters is 2. The number of carbonyl (C=O) groups excluding carboxylic acids is 2. The van der Waals surface area contributed by atoms with Crippen molar-refractivity contribution in [1.82, 2.24) is 0 Å². The molecule has 0 heterocycles. The second kappa shape index (κ2) is 26.3. The average Bonchev–Trinajstić information content (AvgIpc) is 3.15. The number of ether oxygens (including phenoxy) is 2. The lowest BCUT2D eigenvalue weighted by Gasteiger charge is -2.37. The highest BCUT2D eigenvalue weighted by molar-refractivity contribution is 5.76. The van der Waals surface area contributed by atoms with Gasteiger partial charge in [0.25, 0.3) is 0 Å². The Hall–Kier alpha value is -4.08. The lowest BCUT2D eigenvalue weighted by Crippen LogP contribution is -2.38. The van der Waals surface area contributed by atoms with E-state index in [1.165, 1.54) is 22.3 Å². The summed E-state index contributed by atoms with van der Waals surface area (Å²) in [5, 5.41) is 0. The van der Waals surface area contributed by atoms with Crippen molar-refractivity contribution < 1.29 is 19.1 Å². The molecule has 0 bridgehead atoms. The van der Waals surface area contributed by atoms with Gasteiger partial charge in [0.05, 0.1) is 0 Å². The van der Waals surface area contributed by atoms with E-state index in [9.17, 15) is 9.59 Å². The maximum absolute atomic E-state index is 12.6. The van der Waals surface area contributed by atoms with Crippen molar-refractivity contribution in [2.75, 3.05) is 13.1 Å². The highest BCUT2D eigenvalue weighted by Crippen LogP contribution is 2.43. The molecular formula is C52H80N4O4. The SMILES string of the molecule is CC(C=CC=C(C)C=CC1=C(C)CC(OC(=O)C(N)CCCCN)CC1(C)C)=CC=CC=C(C)C=CC=C(C)C=CC1=C(C)CC(OC(=O)C(N)CCCCN)CC1(C)C. The molecule has 332 valence electrons. The van der Waals surface area contributed by atoms with Gasteiger partial charge in [-0.15, -0.1) is 0 Å². The van der Waals surface area contributed by atoms with Crippen LogP contribution in [-0.4, -0.2) is 49.3 Å². The Morgan fingerprint density at radius 3 is 1.25 bits per heavy atom. The molecule has 8 nitrogen and oxygen atoms in total. The molecule has 8 heteroatoms. The molecule has 0 aromatic rings. The largest absolute Gasteiger partial charge is 0.461 e. The van der Waals surface area contributed by atoms with E-state index in [2.05, 4.69) is 154 Å². The molecule has 0 aromatic heterocycles. The van der Waals surface area contributed by atoms with Crippen molar-refractivity contribution in [1.29, 1.82) is 0 Å². The van der Waals surface area contributed by atoms with Crippen LogP contribution < -0.4 is 22.9 Å². The van der Waals surface area contributed by atoms with Crippen LogP contribution in [0.25, 0.3) is 0 Å².